The van der Waals surface area contributed by atoms with E-state index in [4.69, 9.17) is 5.11 Å². The van der Waals surface area contributed by atoms with Gasteiger partial charge in [0.05, 0.1) is 5.92 Å². The van der Waals surface area contributed by atoms with E-state index in [0.29, 0.717) is 25.9 Å². The van der Waals surface area contributed by atoms with E-state index in [-0.39, 0.29) is 18.0 Å². The van der Waals surface area contributed by atoms with Crippen LogP contribution >= 0.6 is 0 Å². The molecule has 0 aromatic heterocycles. The molecule has 6 heteroatoms. The minimum Gasteiger partial charge on any atom is -0.481 e. The number of aliphatic carboxylic acids is 1. The van der Waals surface area contributed by atoms with Crippen LogP contribution in [0, 0.1) is 5.92 Å². The lowest BCUT2D eigenvalue weighted by atomic mass is 9.97. The Morgan fingerprint density at radius 2 is 1.71 bits per heavy atom. The van der Waals surface area contributed by atoms with E-state index < -0.39 is 5.97 Å². The minimum atomic E-state index is -0.738. The van der Waals surface area contributed by atoms with Crippen LogP contribution in [0.4, 0.5) is 4.79 Å². The summed E-state index contributed by atoms with van der Waals surface area (Å²) in [4.78, 5) is 27.3. The Balaban J connectivity index is 1.70. The highest BCUT2D eigenvalue weighted by atomic mass is 16.4. The van der Waals surface area contributed by atoms with Gasteiger partial charge in [0.25, 0.3) is 0 Å². The summed E-state index contributed by atoms with van der Waals surface area (Å²) in [5, 5.41) is 12.1. The predicted molar refractivity (Wildman–Crippen MR) is 80.2 cm³/mol. The summed E-state index contributed by atoms with van der Waals surface area (Å²) < 4.78 is 0. The van der Waals surface area contributed by atoms with Crippen LogP contribution in [0.2, 0.25) is 0 Å². The largest absolute Gasteiger partial charge is 0.481 e. The number of piperidine rings is 2. The summed E-state index contributed by atoms with van der Waals surface area (Å²) in [6, 6.07) is 0.246. The third-order valence-electron chi connectivity index (χ3n) is 4.59. The zero-order chi connectivity index (χ0) is 15.2. The van der Waals surface area contributed by atoms with Gasteiger partial charge in [0.2, 0.25) is 0 Å². The number of hydrogen-bond acceptors (Lipinski definition) is 3. The molecule has 0 aliphatic carbocycles. The quantitative estimate of drug-likeness (QED) is 0.822. The van der Waals surface area contributed by atoms with Gasteiger partial charge in [-0.2, -0.15) is 0 Å². The van der Waals surface area contributed by atoms with E-state index >= 15 is 0 Å². The summed E-state index contributed by atoms with van der Waals surface area (Å²) in [7, 11) is 0. The van der Waals surface area contributed by atoms with Gasteiger partial charge in [0, 0.05) is 32.2 Å². The Bertz CT molecular complexity index is 359. The van der Waals surface area contributed by atoms with Crippen LogP contribution in [0.5, 0.6) is 0 Å². The molecule has 2 N–H and O–H groups in total. The van der Waals surface area contributed by atoms with E-state index in [2.05, 4.69) is 17.1 Å². The van der Waals surface area contributed by atoms with Crippen molar-refractivity contribution in [3.63, 3.8) is 0 Å². The lowest BCUT2D eigenvalue weighted by Gasteiger charge is -2.35. The topological polar surface area (TPSA) is 72.9 Å². The summed E-state index contributed by atoms with van der Waals surface area (Å²) in [5.41, 5.74) is 0. The van der Waals surface area contributed by atoms with Crippen molar-refractivity contribution in [2.24, 2.45) is 5.92 Å². The Morgan fingerprint density at radius 1 is 1.10 bits per heavy atom. The molecule has 0 atom stereocenters. The van der Waals surface area contributed by atoms with Gasteiger partial charge < -0.3 is 20.2 Å². The number of amides is 2. The van der Waals surface area contributed by atoms with Crippen LogP contribution in [0.25, 0.3) is 0 Å². The van der Waals surface area contributed by atoms with Crippen molar-refractivity contribution in [1.82, 2.24) is 15.1 Å². The molecule has 6 nitrogen and oxygen atoms in total. The summed E-state index contributed by atoms with van der Waals surface area (Å²) in [6.07, 6.45) is 4.33. The molecule has 2 aliphatic heterocycles. The van der Waals surface area contributed by atoms with Crippen LogP contribution < -0.4 is 5.32 Å². The lowest BCUT2D eigenvalue weighted by molar-refractivity contribution is -0.143. The third-order valence-corrected chi connectivity index (χ3v) is 4.59. The van der Waals surface area contributed by atoms with Crippen LogP contribution in [0.15, 0.2) is 0 Å². The SMILES string of the molecule is CCCN1CCC(NC(=O)N2CCC(C(=O)O)CC2)CC1. The molecule has 2 fully saturated rings. The number of rotatable bonds is 4. The number of carboxylic acids is 1. The van der Waals surface area contributed by atoms with Gasteiger partial charge in [-0.15, -0.1) is 0 Å². The molecule has 0 unspecified atom stereocenters. The molecule has 0 spiro atoms. The van der Waals surface area contributed by atoms with Gasteiger partial charge in [-0.1, -0.05) is 6.92 Å². The van der Waals surface area contributed by atoms with E-state index in [1.165, 1.54) is 6.42 Å². The number of nitrogens with one attached hydrogen (secondary N) is 1. The maximum Gasteiger partial charge on any atom is 0.317 e. The number of hydrogen-bond donors (Lipinski definition) is 2. The number of urea groups is 1. The van der Waals surface area contributed by atoms with Crippen LogP contribution in [-0.4, -0.2) is 65.7 Å². The first-order chi connectivity index (χ1) is 10.1. The van der Waals surface area contributed by atoms with Gasteiger partial charge >= 0.3 is 12.0 Å². The van der Waals surface area contributed by atoms with E-state index in [1.54, 1.807) is 4.90 Å². The van der Waals surface area contributed by atoms with Crippen molar-refractivity contribution >= 4 is 12.0 Å². The van der Waals surface area contributed by atoms with Crippen LogP contribution in [-0.2, 0) is 4.79 Å². The molecule has 0 radical (unpaired) electrons. The molecule has 2 heterocycles. The Labute approximate surface area is 126 Å². The van der Waals surface area contributed by atoms with E-state index in [9.17, 15) is 9.59 Å². The molecule has 120 valence electrons. The van der Waals surface area contributed by atoms with Gasteiger partial charge in [0.15, 0.2) is 0 Å². The molecular formula is C15H27N3O3. The molecule has 2 rings (SSSR count). The van der Waals surface area contributed by atoms with Crippen LogP contribution in [0.1, 0.15) is 39.0 Å². The molecule has 21 heavy (non-hydrogen) atoms. The maximum atomic E-state index is 12.2. The first-order valence-electron chi connectivity index (χ1n) is 8.10. The van der Waals surface area contributed by atoms with Gasteiger partial charge in [-0.05, 0) is 38.6 Å². The van der Waals surface area contributed by atoms with Crippen molar-refractivity contribution in [1.29, 1.82) is 0 Å². The number of carbonyl (C=O) groups is 2. The van der Waals surface area contributed by atoms with Crippen molar-refractivity contribution in [2.45, 2.75) is 45.1 Å². The average molecular weight is 297 g/mol. The Morgan fingerprint density at radius 3 is 2.24 bits per heavy atom. The standard InChI is InChI=1S/C15H27N3O3/c1-2-7-17-8-5-13(6-9-17)16-15(21)18-10-3-12(4-11-18)14(19)20/h12-13H,2-11H2,1H3,(H,16,21)(H,19,20). The molecule has 0 bridgehead atoms. The zero-order valence-electron chi connectivity index (χ0n) is 12.9. The van der Waals surface area contributed by atoms with Gasteiger partial charge in [0.1, 0.15) is 0 Å². The highest BCUT2D eigenvalue weighted by molar-refractivity contribution is 5.75. The molecular weight excluding hydrogens is 270 g/mol. The van der Waals surface area contributed by atoms with Crippen LogP contribution in [0.3, 0.4) is 0 Å². The summed E-state index contributed by atoms with van der Waals surface area (Å²) in [5.74, 6) is -1.02. The van der Waals surface area contributed by atoms with Crippen molar-refractivity contribution in [2.75, 3.05) is 32.7 Å². The monoisotopic (exact) mass is 297 g/mol. The maximum absolute atomic E-state index is 12.2. The summed E-state index contributed by atoms with van der Waals surface area (Å²) >= 11 is 0. The van der Waals surface area contributed by atoms with Gasteiger partial charge in [-0.3, -0.25) is 4.79 Å². The fourth-order valence-corrected chi connectivity index (χ4v) is 3.21. The zero-order valence-corrected chi connectivity index (χ0v) is 12.9. The Kier molecular flexibility index (Phi) is 5.85. The second-order valence-electron chi connectivity index (χ2n) is 6.16. The van der Waals surface area contributed by atoms with Crippen molar-refractivity contribution in [3.8, 4) is 0 Å². The number of carboxylic acid groups (broad SMARTS) is 1. The van der Waals surface area contributed by atoms with Crippen molar-refractivity contribution < 1.29 is 14.7 Å². The second-order valence-corrected chi connectivity index (χ2v) is 6.16. The van der Waals surface area contributed by atoms with E-state index in [0.717, 1.165) is 32.5 Å². The summed E-state index contributed by atoms with van der Waals surface area (Å²) in [6.45, 7) is 6.55. The Hall–Kier alpha value is -1.30. The normalized spacial score (nSPS) is 22.2. The highest BCUT2D eigenvalue weighted by Crippen LogP contribution is 2.18. The smallest absolute Gasteiger partial charge is 0.317 e. The first-order valence-corrected chi connectivity index (χ1v) is 8.10. The molecule has 2 saturated heterocycles. The van der Waals surface area contributed by atoms with E-state index in [1.807, 2.05) is 0 Å². The molecule has 0 saturated carbocycles. The third kappa shape index (κ3) is 4.59. The minimum absolute atomic E-state index is 0.0206. The second kappa shape index (κ2) is 7.64. The number of likely N-dealkylation sites (tertiary alicyclic amines) is 2. The highest BCUT2D eigenvalue weighted by Gasteiger charge is 2.28. The average Bonchev–Trinajstić information content (AvgIpc) is 2.49. The molecule has 0 aromatic carbocycles. The van der Waals surface area contributed by atoms with Crippen molar-refractivity contribution in [3.05, 3.63) is 0 Å². The first kappa shape index (κ1) is 16.1. The fraction of sp³-hybridized carbons (Fsp3) is 0.867. The number of carbonyl (C=O) groups excluding carboxylic acids is 1. The van der Waals surface area contributed by atoms with Gasteiger partial charge in [-0.25, -0.2) is 4.79 Å². The molecule has 2 aliphatic rings. The lowest BCUT2D eigenvalue weighted by Crippen LogP contribution is -2.51. The molecule has 2 amide bonds. The predicted octanol–water partition coefficient (Wildman–Crippen LogP) is 1.37. The fourth-order valence-electron chi connectivity index (χ4n) is 3.21. The molecule has 0 aromatic rings. The number of nitrogens with zero attached hydrogens (tertiary/aromatic N) is 2.